The highest BCUT2D eigenvalue weighted by Gasteiger charge is 2.45. The van der Waals surface area contributed by atoms with Gasteiger partial charge in [0, 0.05) is 18.7 Å². The molecule has 0 amide bonds. The minimum atomic E-state index is -1.65. The molecule has 0 aliphatic carbocycles. The summed E-state index contributed by atoms with van der Waals surface area (Å²) in [6.07, 6.45) is 4.56. The standard InChI is InChI=1S/C18H25NO5/c1-4-12-9-11(2)18(3,22)17(21)23-10-13-5-7-19-8-6-14(15(13)19)24-16(12)20/h4-5,11,14-15,22H,6-10H2,1-3H3/t11-,14+,15-,18+/m0/s1. The lowest BCUT2D eigenvalue weighted by molar-refractivity contribution is -0.169. The van der Waals surface area contributed by atoms with Crippen molar-refractivity contribution in [2.75, 3.05) is 19.7 Å². The first kappa shape index (κ1) is 17.2. The summed E-state index contributed by atoms with van der Waals surface area (Å²) in [7, 11) is 0. The second-order valence-electron chi connectivity index (χ2n) is 7.09. The Kier molecular flexibility index (Phi) is 4.53. The Bertz CT molecular complexity index is 607. The van der Waals surface area contributed by atoms with Crippen molar-refractivity contribution in [2.45, 2.75) is 51.4 Å². The van der Waals surface area contributed by atoms with E-state index in [1.165, 1.54) is 6.92 Å². The molecule has 6 nitrogen and oxygen atoms in total. The Morgan fingerprint density at radius 3 is 2.88 bits per heavy atom. The van der Waals surface area contributed by atoms with Gasteiger partial charge in [-0.2, -0.15) is 0 Å². The predicted octanol–water partition coefficient (Wildman–Crippen LogP) is 1.19. The molecule has 6 heteroatoms. The summed E-state index contributed by atoms with van der Waals surface area (Å²) >= 11 is 0. The lowest BCUT2D eigenvalue weighted by Gasteiger charge is -2.31. The van der Waals surface area contributed by atoms with Crippen LogP contribution in [0.4, 0.5) is 0 Å². The van der Waals surface area contributed by atoms with Crippen LogP contribution in [-0.4, -0.2) is 59.4 Å². The minimum Gasteiger partial charge on any atom is -0.459 e. The number of allylic oxidation sites excluding steroid dienone is 1. The Labute approximate surface area is 142 Å². The Balaban J connectivity index is 1.91. The maximum absolute atomic E-state index is 12.5. The molecule has 3 aliphatic heterocycles. The molecule has 0 unspecified atom stereocenters. The number of esters is 2. The van der Waals surface area contributed by atoms with Gasteiger partial charge in [-0.15, -0.1) is 0 Å². The molecular weight excluding hydrogens is 310 g/mol. The number of carbonyl (C=O) groups excluding carboxylic acids is 2. The maximum Gasteiger partial charge on any atom is 0.338 e. The first-order valence-corrected chi connectivity index (χ1v) is 8.53. The quantitative estimate of drug-likeness (QED) is 0.407. The topological polar surface area (TPSA) is 76.1 Å². The zero-order chi connectivity index (χ0) is 17.5. The van der Waals surface area contributed by atoms with Crippen molar-refractivity contribution in [3.63, 3.8) is 0 Å². The lowest BCUT2D eigenvalue weighted by Crippen LogP contribution is -2.45. The van der Waals surface area contributed by atoms with E-state index < -0.39 is 17.5 Å². The molecule has 0 bridgehead atoms. The third-order valence-corrected chi connectivity index (χ3v) is 5.55. The summed E-state index contributed by atoms with van der Waals surface area (Å²) in [6, 6.07) is -0.0262. The zero-order valence-electron chi connectivity index (χ0n) is 14.4. The van der Waals surface area contributed by atoms with Crippen LogP contribution in [0.25, 0.3) is 0 Å². The highest BCUT2D eigenvalue weighted by atomic mass is 16.6. The second kappa shape index (κ2) is 6.33. The summed E-state index contributed by atoms with van der Waals surface area (Å²) in [5, 5.41) is 10.6. The summed E-state index contributed by atoms with van der Waals surface area (Å²) in [5.41, 5.74) is -0.218. The Morgan fingerprint density at radius 2 is 2.17 bits per heavy atom. The zero-order valence-corrected chi connectivity index (χ0v) is 14.4. The van der Waals surface area contributed by atoms with Gasteiger partial charge in [-0.25, -0.2) is 9.59 Å². The normalized spacial score (nSPS) is 39.6. The highest BCUT2D eigenvalue weighted by molar-refractivity contribution is 5.89. The van der Waals surface area contributed by atoms with Crippen molar-refractivity contribution in [3.05, 3.63) is 23.3 Å². The molecule has 132 valence electrons. The molecule has 0 aromatic heterocycles. The fraction of sp³-hybridized carbons (Fsp3) is 0.667. The van der Waals surface area contributed by atoms with Crippen molar-refractivity contribution in [1.82, 2.24) is 4.90 Å². The molecule has 4 atom stereocenters. The molecule has 2 saturated heterocycles. The summed E-state index contributed by atoms with van der Waals surface area (Å²) in [6.45, 7) is 6.71. The van der Waals surface area contributed by atoms with E-state index in [1.807, 2.05) is 6.08 Å². The van der Waals surface area contributed by atoms with Crippen molar-refractivity contribution < 1.29 is 24.2 Å². The van der Waals surface area contributed by atoms with Crippen molar-refractivity contribution >= 4 is 11.9 Å². The smallest absolute Gasteiger partial charge is 0.338 e. The van der Waals surface area contributed by atoms with Crippen molar-refractivity contribution in [2.24, 2.45) is 5.92 Å². The second-order valence-corrected chi connectivity index (χ2v) is 7.09. The summed E-state index contributed by atoms with van der Waals surface area (Å²) < 4.78 is 11.2. The minimum absolute atomic E-state index is 0.0262. The Morgan fingerprint density at radius 1 is 1.42 bits per heavy atom. The largest absolute Gasteiger partial charge is 0.459 e. The molecule has 0 spiro atoms. The van der Waals surface area contributed by atoms with Gasteiger partial charge in [0.1, 0.15) is 12.7 Å². The molecule has 1 N–H and O–H groups in total. The van der Waals surface area contributed by atoms with E-state index in [1.54, 1.807) is 19.9 Å². The third-order valence-electron chi connectivity index (χ3n) is 5.55. The van der Waals surface area contributed by atoms with Gasteiger partial charge in [-0.3, -0.25) is 4.90 Å². The van der Waals surface area contributed by atoms with Gasteiger partial charge in [0.05, 0.1) is 6.04 Å². The number of carbonyl (C=O) groups is 2. The van der Waals surface area contributed by atoms with Gasteiger partial charge >= 0.3 is 11.9 Å². The molecule has 0 saturated carbocycles. The molecular formula is C18H25NO5. The van der Waals surface area contributed by atoms with E-state index in [9.17, 15) is 14.7 Å². The molecule has 3 aliphatic rings. The van der Waals surface area contributed by atoms with Crippen LogP contribution in [0, 0.1) is 5.92 Å². The first-order chi connectivity index (χ1) is 11.3. The van der Waals surface area contributed by atoms with Crippen LogP contribution in [0.2, 0.25) is 0 Å². The van der Waals surface area contributed by atoms with Gasteiger partial charge in [0.15, 0.2) is 5.60 Å². The molecule has 0 aromatic carbocycles. The van der Waals surface area contributed by atoms with Crippen LogP contribution in [0.1, 0.15) is 33.6 Å². The first-order valence-electron chi connectivity index (χ1n) is 8.53. The summed E-state index contributed by atoms with van der Waals surface area (Å²) in [4.78, 5) is 27.1. The monoisotopic (exact) mass is 335 g/mol. The number of ether oxygens (including phenoxy) is 2. The highest BCUT2D eigenvalue weighted by Crippen LogP contribution is 2.34. The summed E-state index contributed by atoms with van der Waals surface area (Å²) in [5.74, 6) is -1.46. The fourth-order valence-corrected chi connectivity index (χ4v) is 3.68. The van der Waals surface area contributed by atoms with Gasteiger partial charge in [-0.05, 0) is 38.2 Å². The number of cyclic esters (lactones) is 1. The van der Waals surface area contributed by atoms with Crippen molar-refractivity contribution in [3.8, 4) is 0 Å². The van der Waals surface area contributed by atoms with Crippen LogP contribution in [0.5, 0.6) is 0 Å². The van der Waals surface area contributed by atoms with Gasteiger partial charge in [0.2, 0.25) is 0 Å². The van der Waals surface area contributed by atoms with E-state index in [-0.39, 0.29) is 31.1 Å². The van der Waals surface area contributed by atoms with Crippen molar-refractivity contribution in [1.29, 1.82) is 0 Å². The van der Waals surface area contributed by atoms with Crippen LogP contribution in [0.3, 0.4) is 0 Å². The average Bonchev–Trinajstić information content (AvgIpc) is 3.12. The fourth-order valence-electron chi connectivity index (χ4n) is 3.68. The predicted molar refractivity (Wildman–Crippen MR) is 87.1 cm³/mol. The van der Waals surface area contributed by atoms with Crippen LogP contribution >= 0.6 is 0 Å². The molecule has 3 heterocycles. The number of rotatable bonds is 0. The molecule has 24 heavy (non-hydrogen) atoms. The van der Waals surface area contributed by atoms with E-state index >= 15 is 0 Å². The molecule has 3 rings (SSSR count). The van der Waals surface area contributed by atoms with E-state index in [0.717, 1.165) is 25.1 Å². The maximum atomic E-state index is 12.5. The van der Waals surface area contributed by atoms with Gasteiger partial charge in [0.25, 0.3) is 0 Å². The van der Waals surface area contributed by atoms with Crippen LogP contribution < -0.4 is 0 Å². The molecule has 0 aromatic rings. The van der Waals surface area contributed by atoms with Gasteiger partial charge < -0.3 is 14.6 Å². The number of hydrogen-bond acceptors (Lipinski definition) is 6. The van der Waals surface area contributed by atoms with Gasteiger partial charge in [-0.1, -0.05) is 19.1 Å². The van der Waals surface area contributed by atoms with E-state index in [2.05, 4.69) is 4.90 Å². The number of hydrogen-bond donors (Lipinski definition) is 1. The third kappa shape index (κ3) is 2.89. The Hall–Kier alpha value is -1.66. The number of aliphatic hydroxyl groups is 1. The van der Waals surface area contributed by atoms with E-state index in [0.29, 0.717) is 5.57 Å². The SMILES string of the molecule is CC=C1C[C@H](C)[C@@](C)(O)C(=O)OCC2=CCN3CC[C@@H](OC1=O)[C@H]23. The lowest BCUT2D eigenvalue weighted by atomic mass is 9.85. The molecule has 2 fully saturated rings. The molecule has 0 radical (unpaired) electrons. The van der Waals surface area contributed by atoms with E-state index in [4.69, 9.17) is 9.47 Å². The van der Waals surface area contributed by atoms with Crippen LogP contribution in [0.15, 0.2) is 23.3 Å². The van der Waals surface area contributed by atoms with Crippen LogP contribution in [-0.2, 0) is 19.1 Å². The average molecular weight is 335 g/mol. The number of nitrogens with zero attached hydrogens (tertiary/aromatic N) is 1.